The van der Waals surface area contributed by atoms with Crippen LogP contribution >= 0.6 is 11.6 Å². The van der Waals surface area contributed by atoms with Gasteiger partial charge in [-0.2, -0.15) is 0 Å². The molecule has 1 fully saturated rings. The van der Waals surface area contributed by atoms with E-state index in [4.69, 9.17) is 25.8 Å². The largest absolute Gasteiger partial charge is 0.491 e. The molecule has 4 rings (SSSR count). The fourth-order valence-electron chi connectivity index (χ4n) is 3.86. The van der Waals surface area contributed by atoms with Gasteiger partial charge in [0.1, 0.15) is 12.4 Å². The van der Waals surface area contributed by atoms with Gasteiger partial charge in [0.25, 0.3) is 5.79 Å². The predicted octanol–water partition coefficient (Wildman–Crippen LogP) is 3.40. The van der Waals surface area contributed by atoms with Crippen LogP contribution in [0.2, 0.25) is 5.02 Å². The summed E-state index contributed by atoms with van der Waals surface area (Å²) in [6, 6.07) is 13.0. The second-order valence-electron chi connectivity index (χ2n) is 7.75. The molecule has 2 aliphatic rings. The Kier molecular flexibility index (Phi) is 6.34. The first-order valence-corrected chi connectivity index (χ1v) is 10.8. The number of hydrogen-bond donors (Lipinski definition) is 2. The fourth-order valence-corrected chi connectivity index (χ4v) is 4.09. The standard InChI is InChI=1S/C23H25ClN2O5/c1-15(13-29-16-5-3-2-4-6-16)26-22-17-11-12-25-14-23(18(17)7-8-19(22)24)30-20(27)9-10-21(28)31-23/h2-8,15,25-26H,9-14H2,1H3/t15-/m1/s1. The molecule has 0 aliphatic carbocycles. The average molecular weight is 445 g/mol. The van der Waals surface area contributed by atoms with Crippen LogP contribution in [0, 0.1) is 0 Å². The lowest BCUT2D eigenvalue weighted by Gasteiger charge is -2.32. The van der Waals surface area contributed by atoms with Crippen LogP contribution in [0.5, 0.6) is 5.75 Å². The molecule has 164 valence electrons. The first kappa shape index (κ1) is 21.5. The molecule has 0 saturated carbocycles. The molecule has 0 radical (unpaired) electrons. The summed E-state index contributed by atoms with van der Waals surface area (Å²) in [4.78, 5) is 24.5. The van der Waals surface area contributed by atoms with Gasteiger partial charge in [-0.1, -0.05) is 29.8 Å². The Morgan fingerprint density at radius 3 is 2.52 bits per heavy atom. The van der Waals surface area contributed by atoms with Gasteiger partial charge in [0.2, 0.25) is 0 Å². The normalized spacial score (nSPS) is 18.8. The molecule has 2 aromatic carbocycles. The number of benzene rings is 2. The number of ether oxygens (including phenoxy) is 3. The summed E-state index contributed by atoms with van der Waals surface area (Å²) in [5.74, 6) is -1.64. The predicted molar refractivity (Wildman–Crippen MR) is 116 cm³/mol. The number of rotatable bonds is 5. The summed E-state index contributed by atoms with van der Waals surface area (Å²) in [6.45, 7) is 3.23. The molecule has 2 N–H and O–H groups in total. The zero-order valence-corrected chi connectivity index (χ0v) is 18.0. The summed E-state index contributed by atoms with van der Waals surface area (Å²) in [6.07, 6.45) is 0.631. The number of anilines is 1. The maximum absolute atomic E-state index is 12.2. The van der Waals surface area contributed by atoms with Crippen molar-refractivity contribution in [1.82, 2.24) is 5.32 Å². The lowest BCUT2D eigenvalue weighted by molar-refractivity contribution is -0.225. The lowest BCUT2D eigenvalue weighted by Crippen LogP contribution is -2.43. The fraction of sp³-hybridized carbons (Fsp3) is 0.391. The summed E-state index contributed by atoms with van der Waals surface area (Å²) in [5.41, 5.74) is 2.21. The Labute approximate surface area is 186 Å². The van der Waals surface area contributed by atoms with Crippen molar-refractivity contribution in [3.05, 3.63) is 58.6 Å². The Morgan fingerprint density at radius 1 is 1.10 bits per heavy atom. The van der Waals surface area contributed by atoms with Gasteiger partial charge in [0.05, 0.1) is 36.1 Å². The van der Waals surface area contributed by atoms with Crippen LogP contribution in [0.15, 0.2) is 42.5 Å². The average Bonchev–Trinajstić information content (AvgIpc) is 3.02. The first-order valence-electron chi connectivity index (χ1n) is 10.4. The SMILES string of the molecule is C[C@H](COc1ccccc1)Nc1c(Cl)ccc2c1CCNCC21OC(=O)CCC(=O)O1. The van der Waals surface area contributed by atoms with Crippen LogP contribution in [-0.4, -0.2) is 37.7 Å². The quantitative estimate of drug-likeness (QED) is 0.683. The van der Waals surface area contributed by atoms with Crippen LogP contribution in [-0.2, 0) is 31.3 Å². The van der Waals surface area contributed by atoms with E-state index >= 15 is 0 Å². The van der Waals surface area contributed by atoms with Gasteiger partial charge in [-0.25, -0.2) is 0 Å². The number of carbonyl (C=O) groups excluding carboxylic acids is 2. The molecule has 2 aliphatic heterocycles. The van der Waals surface area contributed by atoms with E-state index in [-0.39, 0.29) is 25.4 Å². The van der Waals surface area contributed by atoms with Crippen LogP contribution in [0.4, 0.5) is 5.69 Å². The van der Waals surface area contributed by atoms with E-state index in [1.807, 2.05) is 37.3 Å². The molecule has 0 aromatic heterocycles. The Balaban J connectivity index is 1.62. The monoisotopic (exact) mass is 444 g/mol. The van der Waals surface area contributed by atoms with E-state index in [0.29, 0.717) is 30.2 Å². The highest BCUT2D eigenvalue weighted by Gasteiger charge is 2.46. The van der Waals surface area contributed by atoms with Crippen molar-refractivity contribution in [3.63, 3.8) is 0 Å². The molecular weight excluding hydrogens is 420 g/mol. The van der Waals surface area contributed by atoms with Crippen molar-refractivity contribution in [3.8, 4) is 5.75 Å². The van der Waals surface area contributed by atoms with Crippen molar-refractivity contribution < 1.29 is 23.8 Å². The molecule has 8 heteroatoms. The Bertz CT molecular complexity index is 948. The van der Waals surface area contributed by atoms with Gasteiger partial charge >= 0.3 is 11.9 Å². The molecular formula is C23H25ClN2O5. The summed E-state index contributed by atoms with van der Waals surface area (Å²) in [5, 5.41) is 7.19. The maximum atomic E-state index is 12.2. The Hall–Kier alpha value is -2.77. The minimum Gasteiger partial charge on any atom is -0.491 e. The highest BCUT2D eigenvalue weighted by atomic mass is 35.5. The molecule has 2 aromatic rings. The molecule has 0 amide bonds. The van der Waals surface area contributed by atoms with E-state index in [1.54, 1.807) is 12.1 Å². The number of nitrogens with one attached hydrogen (secondary N) is 2. The number of fused-ring (bicyclic) bond motifs is 2. The van der Waals surface area contributed by atoms with Gasteiger partial charge in [-0.05, 0) is 49.7 Å². The number of para-hydroxylation sites is 1. The van der Waals surface area contributed by atoms with Crippen LogP contribution < -0.4 is 15.4 Å². The van der Waals surface area contributed by atoms with Crippen molar-refractivity contribution in [2.24, 2.45) is 0 Å². The highest BCUT2D eigenvalue weighted by Crippen LogP contribution is 2.40. The second-order valence-corrected chi connectivity index (χ2v) is 8.15. The molecule has 0 bridgehead atoms. The van der Waals surface area contributed by atoms with Crippen LogP contribution in [0.3, 0.4) is 0 Å². The number of esters is 2. The maximum Gasteiger partial charge on any atom is 0.309 e. The molecule has 0 unspecified atom stereocenters. The lowest BCUT2D eigenvalue weighted by atomic mass is 9.96. The molecule has 1 saturated heterocycles. The minimum absolute atomic E-state index is 0.00245. The number of hydrogen-bond acceptors (Lipinski definition) is 7. The van der Waals surface area contributed by atoms with Crippen molar-refractivity contribution in [1.29, 1.82) is 0 Å². The van der Waals surface area contributed by atoms with Gasteiger partial charge in [0.15, 0.2) is 0 Å². The number of carbonyl (C=O) groups is 2. The summed E-state index contributed by atoms with van der Waals surface area (Å²) < 4.78 is 17.2. The zero-order chi connectivity index (χ0) is 21.8. The van der Waals surface area contributed by atoms with Crippen molar-refractivity contribution in [2.45, 2.75) is 38.0 Å². The molecule has 2 heterocycles. The molecule has 1 atom stereocenters. The molecule has 31 heavy (non-hydrogen) atoms. The van der Waals surface area contributed by atoms with Crippen LogP contribution in [0.1, 0.15) is 30.9 Å². The third kappa shape index (κ3) is 4.78. The molecule has 1 spiro atoms. The first-order chi connectivity index (χ1) is 15.0. The Morgan fingerprint density at radius 2 is 1.81 bits per heavy atom. The topological polar surface area (TPSA) is 85.9 Å². The van der Waals surface area contributed by atoms with Gasteiger partial charge in [-0.3, -0.25) is 9.59 Å². The minimum atomic E-state index is -1.50. The van der Waals surface area contributed by atoms with Crippen LogP contribution in [0.25, 0.3) is 0 Å². The summed E-state index contributed by atoms with van der Waals surface area (Å²) >= 11 is 6.55. The highest BCUT2D eigenvalue weighted by molar-refractivity contribution is 6.33. The molecule has 7 nitrogen and oxygen atoms in total. The van der Waals surface area contributed by atoms with E-state index in [1.165, 1.54) is 0 Å². The van der Waals surface area contributed by atoms with Gasteiger partial charge in [-0.15, -0.1) is 0 Å². The number of halogens is 1. The van der Waals surface area contributed by atoms with E-state index in [0.717, 1.165) is 17.0 Å². The third-order valence-electron chi connectivity index (χ3n) is 5.31. The van der Waals surface area contributed by atoms with Gasteiger partial charge < -0.3 is 24.8 Å². The second kappa shape index (κ2) is 9.16. The van der Waals surface area contributed by atoms with E-state index in [9.17, 15) is 9.59 Å². The van der Waals surface area contributed by atoms with E-state index < -0.39 is 17.7 Å². The third-order valence-corrected chi connectivity index (χ3v) is 5.62. The van der Waals surface area contributed by atoms with E-state index in [2.05, 4.69) is 10.6 Å². The van der Waals surface area contributed by atoms with Crippen molar-refractivity contribution >= 4 is 29.2 Å². The zero-order valence-electron chi connectivity index (χ0n) is 17.3. The summed E-state index contributed by atoms with van der Waals surface area (Å²) in [7, 11) is 0. The van der Waals surface area contributed by atoms with Gasteiger partial charge in [0, 0.05) is 5.56 Å². The smallest absolute Gasteiger partial charge is 0.309 e. The van der Waals surface area contributed by atoms with Crippen molar-refractivity contribution in [2.75, 3.05) is 25.0 Å².